The largest absolute Gasteiger partial charge is 0.295 e. The molecule has 0 atom stereocenters. The van der Waals surface area contributed by atoms with Gasteiger partial charge in [0.1, 0.15) is 0 Å². The van der Waals surface area contributed by atoms with Crippen LogP contribution in [0, 0.1) is 0 Å². The van der Waals surface area contributed by atoms with Crippen molar-refractivity contribution in [3.8, 4) is 0 Å². The third-order valence-corrected chi connectivity index (χ3v) is 1.45. The van der Waals surface area contributed by atoms with Crippen LogP contribution in [0.4, 0.5) is 0 Å². The average molecular weight is 150 g/mol. The Morgan fingerprint density at radius 1 is 1.27 bits per heavy atom. The van der Waals surface area contributed by atoms with E-state index in [1.807, 2.05) is 26.0 Å². The summed E-state index contributed by atoms with van der Waals surface area (Å²) in [5, 5.41) is 0. The van der Waals surface area contributed by atoms with E-state index < -0.39 is 0 Å². The van der Waals surface area contributed by atoms with Crippen LogP contribution in [0.15, 0.2) is 36.0 Å². The zero-order valence-corrected chi connectivity index (χ0v) is 7.35. The molecule has 0 aliphatic carbocycles. The van der Waals surface area contributed by atoms with Crippen LogP contribution in [0.5, 0.6) is 0 Å². The molecule has 0 bridgehead atoms. The number of carbonyl (C=O) groups excluding carboxylic acids is 1. The second-order valence-electron chi connectivity index (χ2n) is 2.45. The van der Waals surface area contributed by atoms with Crippen LogP contribution >= 0.6 is 0 Å². The van der Waals surface area contributed by atoms with E-state index in [1.165, 1.54) is 6.92 Å². The molecule has 1 nitrogen and oxygen atoms in total. The molecule has 1 heteroatoms. The van der Waals surface area contributed by atoms with E-state index in [0.29, 0.717) is 5.57 Å². The predicted molar refractivity (Wildman–Crippen MR) is 48.4 cm³/mol. The van der Waals surface area contributed by atoms with Crippen molar-refractivity contribution in [2.24, 2.45) is 0 Å². The van der Waals surface area contributed by atoms with E-state index in [-0.39, 0.29) is 5.78 Å². The Morgan fingerprint density at radius 2 is 1.82 bits per heavy atom. The molecule has 0 amide bonds. The van der Waals surface area contributed by atoms with Gasteiger partial charge in [-0.2, -0.15) is 0 Å². The fraction of sp³-hybridized carbons (Fsp3) is 0.300. The van der Waals surface area contributed by atoms with E-state index in [9.17, 15) is 4.79 Å². The first-order chi connectivity index (χ1) is 5.07. The molecule has 0 saturated heterocycles. The SMILES string of the molecule is C=C(C=CC(C)=CC)C(C)=O. The van der Waals surface area contributed by atoms with Crippen LogP contribution in [0.2, 0.25) is 0 Å². The third-order valence-electron chi connectivity index (χ3n) is 1.45. The molecule has 0 N–H and O–H groups in total. The first-order valence-electron chi connectivity index (χ1n) is 3.58. The molecule has 0 aliphatic rings. The van der Waals surface area contributed by atoms with Crippen molar-refractivity contribution in [1.82, 2.24) is 0 Å². The van der Waals surface area contributed by atoms with Gasteiger partial charge in [-0.15, -0.1) is 0 Å². The van der Waals surface area contributed by atoms with E-state index in [0.717, 1.165) is 5.57 Å². The quantitative estimate of drug-likeness (QED) is 0.446. The fourth-order valence-electron chi connectivity index (χ4n) is 0.446. The van der Waals surface area contributed by atoms with Crippen molar-refractivity contribution >= 4 is 5.78 Å². The lowest BCUT2D eigenvalue weighted by molar-refractivity contribution is -0.113. The van der Waals surface area contributed by atoms with Gasteiger partial charge in [-0.25, -0.2) is 0 Å². The lowest BCUT2D eigenvalue weighted by atomic mass is 10.1. The molecule has 0 unspecified atom stereocenters. The van der Waals surface area contributed by atoms with Crippen molar-refractivity contribution in [2.45, 2.75) is 20.8 Å². The molecule has 0 saturated carbocycles. The minimum Gasteiger partial charge on any atom is -0.295 e. The molecule has 0 rings (SSSR count). The van der Waals surface area contributed by atoms with Gasteiger partial charge in [0.25, 0.3) is 0 Å². The summed E-state index contributed by atoms with van der Waals surface area (Å²) in [4.78, 5) is 10.7. The summed E-state index contributed by atoms with van der Waals surface area (Å²) in [6.07, 6.45) is 5.59. The Hall–Kier alpha value is -1.11. The van der Waals surface area contributed by atoms with Gasteiger partial charge >= 0.3 is 0 Å². The smallest absolute Gasteiger partial charge is 0.159 e. The zero-order chi connectivity index (χ0) is 8.85. The lowest BCUT2D eigenvalue weighted by Gasteiger charge is -1.91. The topological polar surface area (TPSA) is 17.1 Å². The molecule has 0 radical (unpaired) electrons. The van der Waals surface area contributed by atoms with E-state index in [4.69, 9.17) is 0 Å². The Morgan fingerprint density at radius 3 is 2.18 bits per heavy atom. The zero-order valence-electron chi connectivity index (χ0n) is 7.35. The third kappa shape index (κ3) is 4.31. The summed E-state index contributed by atoms with van der Waals surface area (Å²) in [6, 6.07) is 0. The Labute approximate surface area is 68.1 Å². The molecular formula is C10H14O. The van der Waals surface area contributed by atoms with Crippen molar-refractivity contribution in [1.29, 1.82) is 0 Å². The summed E-state index contributed by atoms with van der Waals surface area (Å²) in [6.45, 7) is 9.04. The fourth-order valence-corrected chi connectivity index (χ4v) is 0.446. The predicted octanol–water partition coefficient (Wildman–Crippen LogP) is 2.65. The van der Waals surface area contributed by atoms with Crippen molar-refractivity contribution in [3.05, 3.63) is 36.0 Å². The Kier molecular flexibility index (Phi) is 4.20. The van der Waals surface area contributed by atoms with Crippen molar-refractivity contribution < 1.29 is 4.79 Å². The first-order valence-corrected chi connectivity index (χ1v) is 3.58. The number of allylic oxidation sites excluding steroid dienone is 5. The number of hydrogen-bond donors (Lipinski definition) is 0. The van der Waals surface area contributed by atoms with Gasteiger partial charge in [0.2, 0.25) is 0 Å². The molecule has 0 fully saturated rings. The molecular weight excluding hydrogens is 136 g/mol. The average Bonchev–Trinajstić information content (AvgIpc) is 1.99. The summed E-state index contributed by atoms with van der Waals surface area (Å²) in [7, 11) is 0. The number of Topliss-reactive ketones (excluding diaryl/α,β-unsaturated/α-hetero) is 1. The molecule has 60 valence electrons. The molecule has 0 aromatic carbocycles. The van der Waals surface area contributed by atoms with Gasteiger partial charge in [-0.05, 0) is 20.8 Å². The highest BCUT2D eigenvalue weighted by molar-refractivity contribution is 5.95. The van der Waals surface area contributed by atoms with Crippen LogP contribution in [-0.4, -0.2) is 5.78 Å². The maximum Gasteiger partial charge on any atom is 0.159 e. The minimum atomic E-state index is 0.0187. The van der Waals surface area contributed by atoms with Gasteiger partial charge in [0.15, 0.2) is 5.78 Å². The second-order valence-corrected chi connectivity index (χ2v) is 2.45. The number of hydrogen-bond acceptors (Lipinski definition) is 1. The van der Waals surface area contributed by atoms with Crippen LogP contribution in [-0.2, 0) is 4.79 Å². The maximum absolute atomic E-state index is 10.7. The highest BCUT2D eigenvalue weighted by Gasteiger charge is 1.92. The van der Waals surface area contributed by atoms with Gasteiger partial charge in [0.05, 0.1) is 0 Å². The standard InChI is InChI=1S/C10H14O/c1-5-8(2)6-7-9(3)10(4)11/h5-7H,3H2,1-2,4H3. The molecule has 0 aliphatic heterocycles. The minimum absolute atomic E-state index is 0.0187. The number of ketones is 1. The van der Waals surface area contributed by atoms with Crippen LogP contribution in [0.3, 0.4) is 0 Å². The molecule has 0 heterocycles. The summed E-state index contributed by atoms with van der Waals surface area (Å²) >= 11 is 0. The van der Waals surface area contributed by atoms with Gasteiger partial charge in [-0.1, -0.05) is 30.4 Å². The van der Waals surface area contributed by atoms with Gasteiger partial charge in [-0.3, -0.25) is 4.79 Å². The van der Waals surface area contributed by atoms with Crippen molar-refractivity contribution in [3.63, 3.8) is 0 Å². The number of rotatable bonds is 3. The molecule has 11 heavy (non-hydrogen) atoms. The molecule has 0 aromatic heterocycles. The lowest BCUT2D eigenvalue weighted by Crippen LogP contribution is -1.89. The van der Waals surface area contributed by atoms with E-state index in [1.54, 1.807) is 6.08 Å². The summed E-state index contributed by atoms with van der Waals surface area (Å²) < 4.78 is 0. The van der Waals surface area contributed by atoms with E-state index >= 15 is 0 Å². The van der Waals surface area contributed by atoms with Gasteiger partial charge < -0.3 is 0 Å². The maximum atomic E-state index is 10.7. The highest BCUT2D eigenvalue weighted by Crippen LogP contribution is 1.99. The first kappa shape index (κ1) is 9.89. The second kappa shape index (κ2) is 4.67. The summed E-state index contributed by atoms with van der Waals surface area (Å²) in [5.41, 5.74) is 1.68. The monoisotopic (exact) mass is 150 g/mol. The Bertz CT molecular complexity index is 219. The van der Waals surface area contributed by atoms with Crippen LogP contribution in [0.25, 0.3) is 0 Å². The normalized spacial score (nSPS) is 12.1. The molecule has 0 aromatic rings. The van der Waals surface area contributed by atoms with E-state index in [2.05, 4.69) is 6.58 Å². The van der Waals surface area contributed by atoms with Gasteiger partial charge in [0, 0.05) is 5.57 Å². The highest BCUT2D eigenvalue weighted by atomic mass is 16.1. The number of carbonyl (C=O) groups is 1. The Balaban J connectivity index is 4.15. The van der Waals surface area contributed by atoms with Crippen LogP contribution in [0.1, 0.15) is 20.8 Å². The molecule has 0 spiro atoms. The van der Waals surface area contributed by atoms with Crippen LogP contribution < -0.4 is 0 Å². The summed E-state index contributed by atoms with van der Waals surface area (Å²) in [5.74, 6) is 0.0187. The van der Waals surface area contributed by atoms with Crippen molar-refractivity contribution in [2.75, 3.05) is 0 Å².